The number of nitrogens with one attached hydrogen (secondary N) is 2. The van der Waals surface area contributed by atoms with E-state index in [9.17, 15) is 9.59 Å². The van der Waals surface area contributed by atoms with Crippen LogP contribution in [-0.2, 0) is 4.79 Å². The average Bonchev–Trinajstić information content (AvgIpc) is 2.63. The average molecular weight is 330 g/mol. The summed E-state index contributed by atoms with van der Waals surface area (Å²) in [6.07, 6.45) is 9.21. The van der Waals surface area contributed by atoms with Crippen molar-refractivity contribution in [3.63, 3.8) is 0 Å². The molecular formula is C18H26N4O2. The normalized spacial score (nSPS) is 22.0. The molecule has 2 fully saturated rings. The standard InChI is InChI=1S/C18H26N4O2/c23-17(20-15-8-2-1-3-9-15)14-7-6-12-22(13-14)18(24)21-16-10-4-5-11-19-16/h4-5,10-11,14-15H,1-3,6-9,12-13H2,(H,20,23)(H,19,21,24)/t14-/m1/s1. The second kappa shape index (κ2) is 8.13. The Morgan fingerprint density at radius 1 is 1.08 bits per heavy atom. The number of pyridine rings is 1. The van der Waals surface area contributed by atoms with Gasteiger partial charge in [-0.2, -0.15) is 0 Å². The van der Waals surface area contributed by atoms with Crippen molar-refractivity contribution in [1.29, 1.82) is 0 Å². The number of carbonyl (C=O) groups is 2. The summed E-state index contributed by atoms with van der Waals surface area (Å²) in [6, 6.07) is 5.55. The molecule has 1 aromatic rings. The molecule has 1 saturated carbocycles. The number of amides is 3. The van der Waals surface area contributed by atoms with Crippen molar-refractivity contribution in [3.05, 3.63) is 24.4 Å². The second-order valence-electron chi connectivity index (χ2n) is 6.77. The molecule has 0 spiro atoms. The van der Waals surface area contributed by atoms with Gasteiger partial charge in [0, 0.05) is 25.3 Å². The van der Waals surface area contributed by atoms with Crippen molar-refractivity contribution in [1.82, 2.24) is 15.2 Å². The first-order chi connectivity index (χ1) is 11.7. The van der Waals surface area contributed by atoms with E-state index >= 15 is 0 Å². The molecule has 1 aromatic heterocycles. The Morgan fingerprint density at radius 3 is 2.67 bits per heavy atom. The van der Waals surface area contributed by atoms with Gasteiger partial charge in [-0.15, -0.1) is 0 Å². The molecule has 1 saturated heterocycles. The molecule has 1 aliphatic heterocycles. The number of carbonyl (C=O) groups excluding carboxylic acids is 2. The molecule has 2 heterocycles. The zero-order valence-electron chi connectivity index (χ0n) is 14.0. The molecule has 1 atom stereocenters. The molecular weight excluding hydrogens is 304 g/mol. The van der Waals surface area contributed by atoms with Crippen LogP contribution >= 0.6 is 0 Å². The molecule has 130 valence electrons. The van der Waals surface area contributed by atoms with Gasteiger partial charge in [0.15, 0.2) is 0 Å². The zero-order valence-corrected chi connectivity index (χ0v) is 14.0. The van der Waals surface area contributed by atoms with Crippen LogP contribution in [0.3, 0.4) is 0 Å². The summed E-state index contributed by atoms with van der Waals surface area (Å²) in [5.41, 5.74) is 0. The van der Waals surface area contributed by atoms with Crippen LogP contribution < -0.4 is 10.6 Å². The molecule has 2 aliphatic rings. The maximum Gasteiger partial charge on any atom is 0.323 e. The number of piperidine rings is 1. The summed E-state index contributed by atoms with van der Waals surface area (Å²) in [4.78, 5) is 30.7. The summed E-state index contributed by atoms with van der Waals surface area (Å²) >= 11 is 0. The fourth-order valence-electron chi connectivity index (χ4n) is 3.57. The van der Waals surface area contributed by atoms with Crippen molar-refractivity contribution in [2.45, 2.75) is 51.0 Å². The Hall–Kier alpha value is -2.11. The lowest BCUT2D eigenvalue weighted by Gasteiger charge is -2.33. The van der Waals surface area contributed by atoms with E-state index in [1.807, 2.05) is 12.1 Å². The van der Waals surface area contributed by atoms with E-state index in [1.54, 1.807) is 17.2 Å². The monoisotopic (exact) mass is 330 g/mol. The van der Waals surface area contributed by atoms with Gasteiger partial charge in [0.25, 0.3) is 0 Å². The molecule has 0 aromatic carbocycles. The maximum atomic E-state index is 12.5. The molecule has 0 radical (unpaired) electrons. The van der Waals surface area contributed by atoms with Crippen molar-refractivity contribution in [3.8, 4) is 0 Å². The fourth-order valence-corrected chi connectivity index (χ4v) is 3.57. The van der Waals surface area contributed by atoms with E-state index < -0.39 is 0 Å². The third-order valence-corrected chi connectivity index (χ3v) is 4.93. The highest BCUT2D eigenvalue weighted by Gasteiger charge is 2.29. The van der Waals surface area contributed by atoms with E-state index in [1.165, 1.54) is 19.3 Å². The lowest BCUT2D eigenvalue weighted by molar-refractivity contribution is -0.127. The van der Waals surface area contributed by atoms with E-state index in [2.05, 4.69) is 15.6 Å². The molecule has 3 rings (SSSR count). The smallest absolute Gasteiger partial charge is 0.323 e. The molecule has 24 heavy (non-hydrogen) atoms. The molecule has 3 amide bonds. The van der Waals surface area contributed by atoms with Gasteiger partial charge >= 0.3 is 6.03 Å². The Bertz CT molecular complexity index is 557. The quantitative estimate of drug-likeness (QED) is 0.895. The minimum atomic E-state index is -0.177. The Balaban J connectivity index is 1.51. The highest BCUT2D eigenvalue weighted by Crippen LogP contribution is 2.21. The highest BCUT2D eigenvalue weighted by molar-refractivity contribution is 5.89. The maximum absolute atomic E-state index is 12.5. The summed E-state index contributed by atoms with van der Waals surface area (Å²) in [5, 5.41) is 5.98. The number of hydrogen-bond donors (Lipinski definition) is 2. The van der Waals surface area contributed by atoms with Crippen LogP contribution in [0, 0.1) is 5.92 Å². The number of hydrogen-bond acceptors (Lipinski definition) is 3. The minimum absolute atomic E-state index is 0.102. The third-order valence-electron chi connectivity index (χ3n) is 4.93. The topological polar surface area (TPSA) is 74.3 Å². The summed E-state index contributed by atoms with van der Waals surface area (Å²) in [5.74, 6) is 0.545. The van der Waals surface area contributed by atoms with Gasteiger partial charge < -0.3 is 10.2 Å². The van der Waals surface area contributed by atoms with E-state index in [0.717, 1.165) is 25.7 Å². The second-order valence-corrected chi connectivity index (χ2v) is 6.77. The third kappa shape index (κ3) is 4.46. The Labute approximate surface area is 143 Å². The van der Waals surface area contributed by atoms with Gasteiger partial charge in [0.05, 0.1) is 5.92 Å². The van der Waals surface area contributed by atoms with Crippen LogP contribution in [0.2, 0.25) is 0 Å². The molecule has 1 aliphatic carbocycles. The summed E-state index contributed by atoms with van der Waals surface area (Å²) in [7, 11) is 0. The lowest BCUT2D eigenvalue weighted by atomic mass is 9.93. The van der Waals surface area contributed by atoms with E-state index in [-0.39, 0.29) is 17.9 Å². The lowest BCUT2D eigenvalue weighted by Crippen LogP contribution is -2.48. The van der Waals surface area contributed by atoms with Crippen molar-refractivity contribution in [2.24, 2.45) is 5.92 Å². The van der Waals surface area contributed by atoms with Gasteiger partial charge in [-0.1, -0.05) is 25.3 Å². The Kier molecular flexibility index (Phi) is 5.67. The number of likely N-dealkylation sites (tertiary alicyclic amines) is 1. The Morgan fingerprint density at radius 2 is 1.92 bits per heavy atom. The molecule has 6 nitrogen and oxygen atoms in total. The summed E-state index contributed by atoms with van der Waals surface area (Å²) < 4.78 is 0. The number of aromatic nitrogens is 1. The van der Waals surface area contributed by atoms with Crippen LogP contribution in [0.15, 0.2) is 24.4 Å². The highest BCUT2D eigenvalue weighted by atomic mass is 16.2. The number of urea groups is 1. The van der Waals surface area contributed by atoms with Crippen molar-refractivity contribution < 1.29 is 9.59 Å². The predicted molar refractivity (Wildman–Crippen MR) is 92.6 cm³/mol. The molecule has 6 heteroatoms. The van der Waals surface area contributed by atoms with Crippen LogP contribution in [0.1, 0.15) is 44.9 Å². The van der Waals surface area contributed by atoms with E-state index in [4.69, 9.17) is 0 Å². The first-order valence-electron chi connectivity index (χ1n) is 9.00. The zero-order chi connectivity index (χ0) is 16.8. The van der Waals surface area contributed by atoms with Gasteiger partial charge in [-0.25, -0.2) is 9.78 Å². The van der Waals surface area contributed by atoms with Crippen LogP contribution in [0.4, 0.5) is 10.6 Å². The van der Waals surface area contributed by atoms with Crippen LogP contribution in [-0.4, -0.2) is 41.0 Å². The van der Waals surface area contributed by atoms with Crippen LogP contribution in [0.5, 0.6) is 0 Å². The molecule has 0 unspecified atom stereocenters. The SMILES string of the molecule is O=C(NC1CCCCC1)[C@@H]1CCCN(C(=O)Nc2ccccn2)C1. The molecule has 2 N–H and O–H groups in total. The van der Waals surface area contributed by atoms with E-state index in [0.29, 0.717) is 24.9 Å². The van der Waals surface area contributed by atoms with Crippen molar-refractivity contribution >= 4 is 17.8 Å². The first-order valence-corrected chi connectivity index (χ1v) is 9.00. The van der Waals surface area contributed by atoms with Gasteiger partial charge in [-0.3, -0.25) is 10.1 Å². The van der Waals surface area contributed by atoms with Gasteiger partial charge in [-0.05, 0) is 37.8 Å². The minimum Gasteiger partial charge on any atom is -0.353 e. The molecule has 0 bridgehead atoms. The fraction of sp³-hybridized carbons (Fsp3) is 0.611. The van der Waals surface area contributed by atoms with Gasteiger partial charge in [0.2, 0.25) is 5.91 Å². The predicted octanol–water partition coefficient (Wildman–Crippen LogP) is 2.77. The van der Waals surface area contributed by atoms with Crippen molar-refractivity contribution in [2.75, 3.05) is 18.4 Å². The number of nitrogens with zero attached hydrogens (tertiary/aromatic N) is 2. The van der Waals surface area contributed by atoms with Crippen LogP contribution in [0.25, 0.3) is 0 Å². The number of rotatable bonds is 3. The summed E-state index contributed by atoms with van der Waals surface area (Å²) in [6.45, 7) is 1.17. The number of anilines is 1. The van der Waals surface area contributed by atoms with Gasteiger partial charge in [0.1, 0.15) is 5.82 Å². The first kappa shape index (κ1) is 16.7. The largest absolute Gasteiger partial charge is 0.353 e.